The van der Waals surface area contributed by atoms with E-state index in [0.29, 0.717) is 10.8 Å². The molecule has 0 aliphatic carbocycles. The van der Waals surface area contributed by atoms with E-state index in [9.17, 15) is 4.79 Å². The Balaban J connectivity index is 2.08. The van der Waals surface area contributed by atoms with E-state index >= 15 is 0 Å². The van der Waals surface area contributed by atoms with Crippen LogP contribution in [0, 0.1) is 0 Å². The van der Waals surface area contributed by atoms with Gasteiger partial charge in [-0.15, -0.1) is 0 Å². The molecule has 22 heavy (non-hydrogen) atoms. The van der Waals surface area contributed by atoms with Gasteiger partial charge in [0.25, 0.3) is 0 Å². The minimum Gasteiger partial charge on any atom is -0.478 e. The molecule has 0 aliphatic rings. The fraction of sp³-hybridized carbons (Fsp3) is 0.278. The summed E-state index contributed by atoms with van der Waals surface area (Å²) in [5.74, 6) is 0.165. The molecule has 4 heteroatoms. The first-order valence-corrected chi connectivity index (χ1v) is 8.40. The summed E-state index contributed by atoms with van der Waals surface area (Å²) < 4.78 is 0. The molecule has 0 heterocycles. The molecule has 0 atom stereocenters. The lowest BCUT2D eigenvalue weighted by atomic mass is 10.0. The first kappa shape index (κ1) is 16.4. The van der Waals surface area contributed by atoms with E-state index in [4.69, 9.17) is 5.11 Å². The van der Waals surface area contributed by atoms with Crippen LogP contribution in [0.1, 0.15) is 24.2 Å². The van der Waals surface area contributed by atoms with Crippen LogP contribution in [0.15, 0.2) is 48.5 Å². The standard InChI is InChI=1S/C18H21NO2S/c1-13(2)22-10-9-19-17-8-4-6-15(12-17)14-5-3-7-16(11-14)18(20)21/h3-8,11-13,19H,9-10H2,1-2H3,(H,20,21). The number of thioether (sulfide) groups is 1. The van der Waals surface area contributed by atoms with Crippen LogP contribution < -0.4 is 5.32 Å². The summed E-state index contributed by atoms with van der Waals surface area (Å²) in [5, 5.41) is 13.1. The molecule has 2 aromatic rings. The molecule has 2 aromatic carbocycles. The van der Waals surface area contributed by atoms with Crippen molar-refractivity contribution in [3.63, 3.8) is 0 Å². The van der Waals surface area contributed by atoms with Gasteiger partial charge in [-0.05, 0) is 40.6 Å². The number of carbonyl (C=O) groups is 1. The molecule has 0 aliphatic heterocycles. The number of hydrogen-bond acceptors (Lipinski definition) is 3. The zero-order valence-electron chi connectivity index (χ0n) is 12.9. The van der Waals surface area contributed by atoms with Crippen molar-refractivity contribution in [1.29, 1.82) is 0 Å². The molecule has 0 radical (unpaired) electrons. The highest BCUT2D eigenvalue weighted by Gasteiger charge is 2.05. The fourth-order valence-electron chi connectivity index (χ4n) is 2.13. The highest BCUT2D eigenvalue weighted by Crippen LogP contribution is 2.23. The van der Waals surface area contributed by atoms with E-state index in [1.54, 1.807) is 18.2 Å². The smallest absolute Gasteiger partial charge is 0.335 e. The summed E-state index contributed by atoms with van der Waals surface area (Å²) in [6.07, 6.45) is 0. The van der Waals surface area contributed by atoms with Crippen molar-refractivity contribution < 1.29 is 9.90 Å². The topological polar surface area (TPSA) is 49.3 Å². The van der Waals surface area contributed by atoms with Gasteiger partial charge in [0.15, 0.2) is 0 Å². The summed E-state index contributed by atoms with van der Waals surface area (Å²) in [7, 11) is 0. The Morgan fingerprint density at radius 3 is 2.50 bits per heavy atom. The Morgan fingerprint density at radius 2 is 1.82 bits per heavy atom. The highest BCUT2D eigenvalue weighted by molar-refractivity contribution is 7.99. The maximum absolute atomic E-state index is 11.1. The molecule has 0 amide bonds. The van der Waals surface area contributed by atoms with Crippen LogP contribution in [-0.4, -0.2) is 28.6 Å². The number of anilines is 1. The Labute approximate surface area is 135 Å². The van der Waals surface area contributed by atoms with Gasteiger partial charge >= 0.3 is 5.97 Å². The zero-order valence-corrected chi connectivity index (χ0v) is 13.7. The third kappa shape index (κ3) is 4.81. The minimum atomic E-state index is -0.901. The van der Waals surface area contributed by atoms with Gasteiger partial charge in [-0.3, -0.25) is 0 Å². The summed E-state index contributed by atoms with van der Waals surface area (Å²) >= 11 is 1.93. The fourth-order valence-corrected chi connectivity index (χ4v) is 2.82. The predicted octanol–water partition coefficient (Wildman–Crippen LogP) is 4.61. The third-order valence-electron chi connectivity index (χ3n) is 3.19. The van der Waals surface area contributed by atoms with Crippen molar-refractivity contribution in [3.8, 4) is 11.1 Å². The van der Waals surface area contributed by atoms with Crippen LogP contribution >= 0.6 is 11.8 Å². The van der Waals surface area contributed by atoms with E-state index in [1.807, 2.05) is 36.0 Å². The number of carboxylic acids is 1. The second kappa shape index (κ2) is 7.90. The number of carboxylic acid groups (broad SMARTS) is 1. The van der Waals surface area contributed by atoms with Gasteiger partial charge in [0.2, 0.25) is 0 Å². The number of aromatic carboxylic acids is 1. The molecule has 3 nitrogen and oxygen atoms in total. The van der Waals surface area contributed by atoms with E-state index in [0.717, 1.165) is 29.1 Å². The average molecular weight is 315 g/mol. The SMILES string of the molecule is CC(C)SCCNc1cccc(-c2cccc(C(=O)O)c2)c1. The summed E-state index contributed by atoms with van der Waals surface area (Å²) in [6, 6.07) is 15.1. The summed E-state index contributed by atoms with van der Waals surface area (Å²) in [5.41, 5.74) is 3.30. The number of benzene rings is 2. The van der Waals surface area contributed by atoms with Crippen LogP contribution in [0.2, 0.25) is 0 Å². The van der Waals surface area contributed by atoms with E-state index in [1.165, 1.54) is 0 Å². The Bertz CT molecular complexity index is 640. The van der Waals surface area contributed by atoms with Crippen LogP contribution in [0.3, 0.4) is 0 Å². The van der Waals surface area contributed by atoms with Crippen LogP contribution in [0.25, 0.3) is 11.1 Å². The quantitative estimate of drug-likeness (QED) is 0.733. The van der Waals surface area contributed by atoms with E-state index in [2.05, 4.69) is 25.2 Å². The molecule has 0 saturated carbocycles. The van der Waals surface area contributed by atoms with Crippen molar-refractivity contribution in [2.24, 2.45) is 0 Å². The highest BCUT2D eigenvalue weighted by atomic mass is 32.2. The number of hydrogen-bond donors (Lipinski definition) is 2. The third-order valence-corrected chi connectivity index (χ3v) is 4.29. The van der Waals surface area contributed by atoms with Crippen molar-refractivity contribution in [2.75, 3.05) is 17.6 Å². The molecular weight excluding hydrogens is 294 g/mol. The number of rotatable bonds is 7. The largest absolute Gasteiger partial charge is 0.478 e. The molecule has 2 N–H and O–H groups in total. The average Bonchev–Trinajstić information content (AvgIpc) is 2.52. The van der Waals surface area contributed by atoms with Crippen molar-refractivity contribution in [1.82, 2.24) is 0 Å². The second-order valence-electron chi connectivity index (χ2n) is 5.31. The van der Waals surface area contributed by atoms with Crippen molar-refractivity contribution in [3.05, 3.63) is 54.1 Å². The van der Waals surface area contributed by atoms with Gasteiger partial charge in [0.05, 0.1) is 5.56 Å². The first-order chi connectivity index (χ1) is 10.6. The lowest BCUT2D eigenvalue weighted by Crippen LogP contribution is -2.05. The number of nitrogens with one attached hydrogen (secondary N) is 1. The van der Waals surface area contributed by atoms with Gasteiger partial charge in [-0.1, -0.05) is 38.1 Å². The van der Waals surface area contributed by atoms with Crippen LogP contribution in [0.4, 0.5) is 5.69 Å². The molecule has 0 fully saturated rings. The van der Waals surface area contributed by atoms with E-state index < -0.39 is 5.97 Å². The van der Waals surface area contributed by atoms with E-state index in [-0.39, 0.29) is 0 Å². The summed E-state index contributed by atoms with van der Waals surface area (Å²) in [4.78, 5) is 11.1. The maximum Gasteiger partial charge on any atom is 0.335 e. The lowest BCUT2D eigenvalue weighted by molar-refractivity contribution is 0.0697. The zero-order chi connectivity index (χ0) is 15.9. The maximum atomic E-state index is 11.1. The minimum absolute atomic E-state index is 0.309. The second-order valence-corrected chi connectivity index (χ2v) is 7.00. The Morgan fingerprint density at radius 1 is 1.14 bits per heavy atom. The lowest BCUT2D eigenvalue weighted by Gasteiger charge is -2.10. The van der Waals surface area contributed by atoms with Gasteiger partial charge in [0, 0.05) is 18.0 Å². The molecule has 116 valence electrons. The van der Waals surface area contributed by atoms with Crippen molar-refractivity contribution in [2.45, 2.75) is 19.1 Å². The predicted molar refractivity (Wildman–Crippen MR) is 94.9 cm³/mol. The molecule has 0 unspecified atom stereocenters. The van der Waals surface area contributed by atoms with Gasteiger partial charge in [-0.2, -0.15) is 11.8 Å². The summed E-state index contributed by atoms with van der Waals surface area (Å²) in [6.45, 7) is 5.31. The Kier molecular flexibility index (Phi) is 5.90. The molecule has 0 saturated heterocycles. The van der Waals surface area contributed by atoms with Crippen molar-refractivity contribution >= 4 is 23.4 Å². The molecule has 0 aromatic heterocycles. The molecule has 2 rings (SSSR count). The van der Waals surface area contributed by atoms with Crippen LogP contribution in [-0.2, 0) is 0 Å². The first-order valence-electron chi connectivity index (χ1n) is 7.35. The van der Waals surface area contributed by atoms with Gasteiger partial charge in [0.1, 0.15) is 0 Å². The van der Waals surface area contributed by atoms with Gasteiger partial charge in [-0.25, -0.2) is 4.79 Å². The Hall–Kier alpha value is -1.94. The molecule has 0 spiro atoms. The van der Waals surface area contributed by atoms with Gasteiger partial charge < -0.3 is 10.4 Å². The molecule has 0 bridgehead atoms. The molecular formula is C18H21NO2S. The van der Waals surface area contributed by atoms with Crippen LogP contribution in [0.5, 0.6) is 0 Å². The monoisotopic (exact) mass is 315 g/mol. The normalized spacial score (nSPS) is 10.7.